The fourth-order valence-corrected chi connectivity index (χ4v) is 1.28. The molecular formula is C12H18O2. The minimum absolute atomic E-state index is 0.462. The molecule has 1 atom stereocenters. The van der Waals surface area contributed by atoms with E-state index in [0.29, 0.717) is 12.5 Å². The van der Waals surface area contributed by atoms with E-state index in [9.17, 15) is 0 Å². The highest BCUT2D eigenvalue weighted by molar-refractivity contribution is 5.13. The van der Waals surface area contributed by atoms with Crippen LogP contribution < -0.4 is 0 Å². The molecule has 1 rings (SSSR count). The smallest absolute Gasteiger partial charge is 0.0717 e. The van der Waals surface area contributed by atoms with Gasteiger partial charge in [0.1, 0.15) is 0 Å². The Bertz CT molecular complexity index is 233. The van der Waals surface area contributed by atoms with Crippen molar-refractivity contribution in [2.24, 2.45) is 5.92 Å². The molecule has 0 aliphatic carbocycles. The van der Waals surface area contributed by atoms with Crippen LogP contribution in [0.2, 0.25) is 0 Å². The van der Waals surface area contributed by atoms with Gasteiger partial charge in [-0.05, 0) is 5.56 Å². The van der Waals surface area contributed by atoms with Gasteiger partial charge < -0.3 is 9.47 Å². The van der Waals surface area contributed by atoms with Crippen LogP contribution in [0.5, 0.6) is 0 Å². The van der Waals surface area contributed by atoms with Gasteiger partial charge >= 0.3 is 0 Å². The monoisotopic (exact) mass is 194 g/mol. The van der Waals surface area contributed by atoms with E-state index >= 15 is 0 Å². The summed E-state index contributed by atoms with van der Waals surface area (Å²) in [6.07, 6.45) is 0. The minimum atomic E-state index is 0.462. The van der Waals surface area contributed by atoms with Crippen molar-refractivity contribution < 1.29 is 9.47 Å². The highest BCUT2D eigenvalue weighted by Gasteiger charge is 2.00. The van der Waals surface area contributed by atoms with E-state index in [-0.39, 0.29) is 0 Å². The molecule has 0 radical (unpaired) electrons. The molecule has 0 aliphatic heterocycles. The fourth-order valence-electron chi connectivity index (χ4n) is 1.28. The third-order valence-electron chi connectivity index (χ3n) is 1.97. The van der Waals surface area contributed by atoms with E-state index in [1.54, 1.807) is 7.11 Å². The van der Waals surface area contributed by atoms with Gasteiger partial charge in [0.15, 0.2) is 0 Å². The molecule has 2 nitrogen and oxygen atoms in total. The molecule has 0 aliphatic rings. The van der Waals surface area contributed by atoms with Crippen molar-refractivity contribution in [2.45, 2.75) is 13.5 Å². The lowest BCUT2D eigenvalue weighted by Gasteiger charge is -2.10. The van der Waals surface area contributed by atoms with Crippen LogP contribution in [0, 0.1) is 5.92 Å². The van der Waals surface area contributed by atoms with Gasteiger partial charge in [-0.3, -0.25) is 0 Å². The minimum Gasteiger partial charge on any atom is -0.384 e. The van der Waals surface area contributed by atoms with E-state index in [1.807, 2.05) is 18.2 Å². The van der Waals surface area contributed by atoms with Gasteiger partial charge in [0.25, 0.3) is 0 Å². The molecule has 14 heavy (non-hydrogen) atoms. The Morgan fingerprint density at radius 2 is 1.86 bits per heavy atom. The van der Waals surface area contributed by atoms with Crippen molar-refractivity contribution in [2.75, 3.05) is 20.3 Å². The van der Waals surface area contributed by atoms with Gasteiger partial charge in [0.05, 0.1) is 19.8 Å². The van der Waals surface area contributed by atoms with Gasteiger partial charge in [-0.15, -0.1) is 0 Å². The predicted octanol–water partition coefficient (Wildman–Crippen LogP) is 2.49. The number of hydrogen-bond acceptors (Lipinski definition) is 2. The molecule has 0 saturated carbocycles. The first-order valence-corrected chi connectivity index (χ1v) is 4.93. The molecule has 0 spiro atoms. The van der Waals surface area contributed by atoms with Crippen LogP contribution >= 0.6 is 0 Å². The topological polar surface area (TPSA) is 18.5 Å². The zero-order chi connectivity index (χ0) is 10.2. The van der Waals surface area contributed by atoms with E-state index in [0.717, 1.165) is 13.2 Å². The largest absolute Gasteiger partial charge is 0.384 e. The summed E-state index contributed by atoms with van der Waals surface area (Å²) in [6.45, 7) is 4.32. The number of hydrogen-bond donors (Lipinski definition) is 0. The Morgan fingerprint density at radius 1 is 1.14 bits per heavy atom. The maximum absolute atomic E-state index is 5.55. The molecule has 1 aromatic rings. The van der Waals surface area contributed by atoms with Crippen molar-refractivity contribution in [1.29, 1.82) is 0 Å². The Hall–Kier alpha value is -0.860. The zero-order valence-electron chi connectivity index (χ0n) is 8.90. The molecule has 0 N–H and O–H groups in total. The Kier molecular flexibility index (Phi) is 5.27. The third kappa shape index (κ3) is 4.40. The number of ether oxygens (including phenoxy) is 2. The summed E-state index contributed by atoms with van der Waals surface area (Å²) >= 11 is 0. The molecule has 0 saturated heterocycles. The van der Waals surface area contributed by atoms with Crippen molar-refractivity contribution in [1.82, 2.24) is 0 Å². The Balaban J connectivity index is 2.16. The van der Waals surface area contributed by atoms with Crippen LogP contribution in [-0.2, 0) is 16.1 Å². The van der Waals surface area contributed by atoms with Crippen molar-refractivity contribution >= 4 is 0 Å². The summed E-state index contributed by atoms with van der Waals surface area (Å²) in [5.41, 5.74) is 1.22. The molecular weight excluding hydrogens is 176 g/mol. The van der Waals surface area contributed by atoms with E-state index < -0.39 is 0 Å². The van der Waals surface area contributed by atoms with Gasteiger partial charge in [-0.2, -0.15) is 0 Å². The van der Waals surface area contributed by atoms with Crippen LogP contribution in [0.4, 0.5) is 0 Å². The molecule has 1 unspecified atom stereocenters. The van der Waals surface area contributed by atoms with Gasteiger partial charge in [-0.1, -0.05) is 37.3 Å². The van der Waals surface area contributed by atoms with Crippen molar-refractivity contribution in [3.63, 3.8) is 0 Å². The summed E-state index contributed by atoms with van der Waals surface area (Å²) in [5.74, 6) is 0.462. The van der Waals surface area contributed by atoms with E-state index in [1.165, 1.54) is 5.56 Å². The molecule has 0 amide bonds. The van der Waals surface area contributed by atoms with Crippen molar-refractivity contribution in [3.8, 4) is 0 Å². The number of benzene rings is 1. The zero-order valence-corrected chi connectivity index (χ0v) is 8.90. The molecule has 0 fully saturated rings. The summed E-state index contributed by atoms with van der Waals surface area (Å²) in [4.78, 5) is 0. The van der Waals surface area contributed by atoms with Crippen LogP contribution in [-0.4, -0.2) is 20.3 Å². The van der Waals surface area contributed by atoms with Crippen LogP contribution in [0.1, 0.15) is 12.5 Å². The Labute approximate surface area is 85.8 Å². The highest BCUT2D eigenvalue weighted by atomic mass is 16.5. The van der Waals surface area contributed by atoms with Crippen molar-refractivity contribution in [3.05, 3.63) is 35.9 Å². The van der Waals surface area contributed by atoms with Crippen LogP contribution in [0.25, 0.3) is 0 Å². The summed E-state index contributed by atoms with van der Waals surface area (Å²) < 4.78 is 10.6. The first-order valence-electron chi connectivity index (χ1n) is 4.93. The second-order valence-corrected chi connectivity index (χ2v) is 3.56. The maximum atomic E-state index is 5.55. The molecule has 0 bridgehead atoms. The highest BCUT2D eigenvalue weighted by Crippen LogP contribution is 2.03. The van der Waals surface area contributed by atoms with E-state index in [2.05, 4.69) is 19.1 Å². The number of methoxy groups -OCH3 is 1. The average Bonchev–Trinajstić information content (AvgIpc) is 2.20. The maximum Gasteiger partial charge on any atom is 0.0717 e. The quantitative estimate of drug-likeness (QED) is 0.692. The summed E-state index contributed by atoms with van der Waals surface area (Å²) in [5, 5.41) is 0. The predicted molar refractivity (Wildman–Crippen MR) is 57.1 cm³/mol. The number of rotatable bonds is 6. The van der Waals surface area contributed by atoms with Gasteiger partial charge in [-0.25, -0.2) is 0 Å². The second-order valence-electron chi connectivity index (χ2n) is 3.56. The lowest BCUT2D eigenvalue weighted by Crippen LogP contribution is -2.11. The van der Waals surface area contributed by atoms with Crippen LogP contribution in [0.3, 0.4) is 0 Å². The third-order valence-corrected chi connectivity index (χ3v) is 1.97. The second kappa shape index (κ2) is 6.57. The first-order chi connectivity index (χ1) is 6.83. The molecule has 1 aromatic carbocycles. The average molecular weight is 194 g/mol. The molecule has 78 valence electrons. The SMILES string of the molecule is COCC(C)COCc1ccccc1. The van der Waals surface area contributed by atoms with E-state index in [4.69, 9.17) is 9.47 Å². The lowest BCUT2D eigenvalue weighted by molar-refractivity contribution is 0.0561. The lowest BCUT2D eigenvalue weighted by atomic mass is 10.2. The van der Waals surface area contributed by atoms with Crippen LogP contribution in [0.15, 0.2) is 30.3 Å². The fraction of sp³-hybridized carbons (Fsp3) is 0.500. The normalized spacial score (nSPS) is 12.7. The molecule has 2 heteroatoms. The first kappa shape index (κ1) is 11.2. The van der Waals surface area contributed by atoms with Gasteiger partial charge in [0, 0.05) is 13.0 Å². The standard InChI is InChI=1S/C12H18O2/c1-11(8-13-2)9-14-10-12-6-4-3-5-7-12/h3-7,11H,8-10H2,1-2H3. The molecule has 0 aromatic heterocycles. The Morgan fingerprint density at radius 3 is 2.50 bits per heavy atom. The summed E-state index contributed by atoms with van der Waals surface area (Å²) in [7, 11) is 1.72. The summed E-state index contributed by atoms with van der Waals surface area (Å²) in [6, 6.07) is 10.2. The van der Waals surface area contributed by atoms with Gasteiger partial charge in [0.2, 0.25) is 0 Å². The molecule has 0 heterocycles.